The van der Waals surface area contributed by atoms with E-state index in [0.717, 1.165) is 29.0 Å². The molecule has 132 valence electrons. The number of nitrogens with zero attached hydrogens (tertiary/aromatic N) is 6. The molecule has 0 saturated carbocycles. The Balaban J connectivity index is 1.52. The van der Waals surface area contributed by atoms with Gasteiger partial charge >= 0.3 is 0 Å². The first kappa shape index (κ1) is 16.1. The maximum Gasteiger partial charge on any atom is 0.165 e. The lowest BCUT2D eigenvalue weighted by atomic mass is 10.2. The van der Waals surface area contributed by atoms with Gasteiger partial charge in [-0.05, 0) is 24.6 Å². The summed E-state index contributed by atoms with van der Waals surface area (Å²) < 4.78 is 9.03. The maximum absolute atomic E-state index is 5.18. The zero-order chi connectivity index (χ0) is 17.9. The average molecular weight is 349 g/mol. The van der Waals surface area contributed by atoms with Gasteiger partial charge < -0.3 is 14.6 Å². The zero-order valence-electron chi connectivity index (χ0n) is 14.6. The van der Waals surface area contributed by atoms with Crippen LogP contribution in [0.1, 0.15) is 12.5 Å². The van der Waals surface area contributed by atoms with Gasteiger partial charge in [0, 0.05) is 18.8 Å². The van der Waals surface area contributed by atoms with Gasteiger partial charge in [0.15, 0.2) is 22.8 Å². The second-order valence-electron chi connectivity index (χ2n) is 5.80. The van der Waals surface area contributed by atoms with Gasteiger partial charge in [0.25, 0.3) is 0 Å². The van der Waals surface area contributed by atoms with Crippen molar-refractivity contribution >= 4 is 22.8 Å². The molecule has 1 aromatic carbocycles. The highest BCUT2D eigenvalue weighted by Crippen LogP contribution is 2.21. The average Bonchev–Trinajstić information content (AvgIpc) is 3.29. The van der Waals surface area contributed by atoms with E-state index in [1.165, 1.54) is 6.33 Å². The minimum atomic E-state index is 0.650. The summed E-state index contributed by atoms with van der Waals surface area (Å²) in [5.41, 5.74) is 2.69. The summed E-state index contributed by atoms with van der Waals surface area (Å²) in [6, 6.07) is 9.85. The number of benzene rings is 1. The smallest absolute Gasteiger partial charge is 0.165 e. The normalized spacial score (nSPS) is 11.0. The minimum absolute atomic E-state index is 0.650. The van der Waals surface area contributed by atoms with E-state index in [0.29, 0.717) is 18.2 Å². The number of nitrogens with one attached hydrogen (secondary N) is 1. The van der Waals surface area contributed by atoms with Crippen LogP contribution in [0.15, 0.2) is 49.2 Å². The zero-order valence-corrected chi connectivity index (χ0v) is 14.6. The summed E-state index contributed by atoms with van der Waals surface area (Å²) in [6.45, 7) is 3.54. The van der Waals surface area contributed by atoms with Gasteiger partial charge in [-0.1, -0.05) is 12.1 Å². The molecule has 0 aliphatic rings. The van der Waals surface area contributed by atoms with Crippen molar-refractivity contribution < 1.29 is 4.74 Å². The molecular weight excluding hydrogens is 330 g/mol. The molecule has 1 N–H and O–H groups in total. The van der Waals surface area contributed by atoms with Crippen molar-refractivity contribution in [3.8, 4) is 5.75 Å². The maximum atomic E-state index is 5.18. The SMILES string of the molecule is CCn1cnc2c(Nc3ccn(Cc4ccc(OC)cc4)n3)ncnc21. The first-order valence-corrected chi connectivity index (χ1v) is 8.36. The van der Waals surface area contributed by atoms with Crippen molar-refractivity contribution in [2.45, 2.75) is 20.0 Å². The number of aromatic nitrogens is 6. The summed E-state index contributed by atoms with van der Waals surface area (Å²) in [5.74, 6) is 2.21. The highest BCUT2D eigenvalue weighted by molar-refractivity contribution is 5.84. The standard InChI is InChI=1S/C18H19N7O/c1-3-24-12-21-16-17(19-11-20-18(16)24)22-15-8-9-25(23-15)10-13-4-6-14(26-2)7-5-13/h4-9,11-12H,3,10H2,1-2H3,(H,19,20,22,23). The lowest BCUT2D eigenvalue weighted by molar-refractivity contribution is 0.414. The summed E-state index contributed by atoms with van der Waals surface area (Å²) in [4.78, 5) is 13.0. The first-order valence-electron chi connectivity index (χ1n) is 8.36. The second kappa shape index (κ2) is 6.83. The van der Waals surface area contributed by atoms with Gasteiger partial charge in [0.1, 0.15) is 12.1 Å². The van der Waals surface area contributed by atoms with Crippen LogP contribution in [0.25, 0.3) is 11.2 Å². The molecule has 3 heterocycles. The Kier molecular flexibility index (Phi) is 4.22. The van der Waals surface area contributed by atoms with Crippen molar-refractivity contribution in [3.05, 3.63) is 54.7 Å². The van der Waals surface area contributed by atoms with Crippen LogP contribution in [0.5, 0.6) is 5.75 Å². The Morgan fingerprint density at radius 2 is 1.92 bits per heavy atom. The number of rotatable bonds is 6. The van der Waals surface area contributed by atoms with Crippen LogP contribution < -0.4 is 10.1 Å². The number of imidazole rings is 1. The van der Waals surface area contributed by atoms with E-state index in [-0.39, 0.29) is 0 Å². The number of aryl methyl sites for hydroxylation is 1. The largest absolute Gasteiger partial charge is 0.497 e. The number of hydrogen-bond donors (Lipinski definition) is 1. The van der Waals surface area contributed by atoms with Gasteiger partial charge in [-0.15, -0.1) is 0 Å². The molecule has 0 unspecified atom stereocenters. The van der Waals surface area contributed by atoms with Crippen molar-refractivity contribution in [1.82, 2.24) is 29.3 Å². The molecule has 0 aliphatic heterocycles. The molecule has 0 fully saturated rings. The van der Waals surface area contributed by atoms with Gasteiger partial charge in [-0.3, -0.25) is 4.68 Å². The molecule has 3 aromatic heterocycles. The lowest BCUT2D eigenvalue weighted by Crippen LogP contribution is -2.02. The third kappa shape index (κ3) is 3.08. The van der Waals surface area contributed by atoms with Crippen LogP contribution in [-0.4, -0.2) is 36.4 Å². The summed E-state index contributed by atoms with van der Waals surface area (Å²) in [7, 11) is 1.66. The molecule has 0 saturated heterocycles. The predicted molar refractivity (Wildman–Crippen MR) is 98.6 cm³/mol. The third-order valence-electron chi connectivity index (χ3n) is 4.13. The van der Waals surface area contributed by atoms with Gasteiger partial charge in [0.05, 0.1) is 20.0 Å². The molecular formula is C18H19N7O. The minimum Gasteiger partial charge on any atom is -0.497 e. The molecule has 4 aromatic rings. The topological polar surface area (TPSA) is 82.7 Å². The Hall–Kier alpha value is -3.42. The third-order valence-corrected chi connectivity index (χ3v) is 4.13. The van der Waals surface area contributed by atoms with Crippen LogP contribution in [0.2, 0.25) is 0 Å². The fraction of sp³-hybridized carbons (Fsp3) is 0.222. The predicted octanol–water partition coefficient (Wildman–Crippen LogP) is 2.84. The first-order chi connectivity index (χ1) is 12.8. The molecule has 0 amide bonds. The van der Waals surface area contributed by atoms with E-state index >= 15 is 0 Å². The van der Waals surface area contributed by atoms with Crippen molar-refractivity contribution in [2.75, 3.05) is 12.4 Å². The molecule has 26 heavy (non-hydrogen) atoms. The monoisotopic (exact) mass is 349 g/mol. The van der Waals surface area contributed by atoms with Gasteiger partial charge in [-0.2, -0.15) is 5.10 Å². The molecule has 0 radical (unpaired) electrons. The molecule has 0 aliphatic carbocycles. The Labute approximate surface area is 150 Å². The van der Waals surface area contributed by atoms with E-state index < -0.39 is 0 Å². The molecule has 8 nitrogen and oxygen atoms in total. The van der Waals surface area contributed by atoms with E-state index in [2.05, 4.69) is 32.3 Å². The van der Waals surface area contributed by atoms with Crippen LogP contribution >= 0.6 is 0 Å². The molecule has 4 rings (SSSR count). The fourth-order valence-electron chi connectivity index (χ4n) is 2.76. The van der Waals surface area contributed by atoms with E-state index in [1.54, 1.807) is 13.4 Å². The number of ether oxygens (including phenoxy) is 1. The van der Waals surface area contributed by atoms with Crippen molar-refractivity contribution in [3.63, 3.8) is 0 Å². The lowest BCUT2D eigenvalue weighted by Gasteiger charge is -2.05. The summed E-state index contributed by atoms with van der Waals surface area (Å²) >= 11 is 0. The highest BCUT2D eigenvalue weighted by atomic mass is 16.5. The molecule has 0 atom stereocenters. The van der Waals surface area contributed by atoms with Crippen molar-refractivity contribution in [2.24, 2.45) is 0 Å². The number of hydrogen-bond acceptors (Lipinski definition) is 6. The molecule has 8 heteroatoms. The Bertz CT molecular complexity index is 1020. The van der Waals surface area contributed by atoms with Crippen LogP contribution in [0, 0.1) is 0 Å². The summed E-state index contributed by atoms with van der Waals surface area (Å²) in [6.07, 6.45) is 5.23. The van der Waals surface area contributed by atoms with E-state index in [1.807, 2.05) is 45.8 Å². The van der Waals surface area contributed by atoms with Crippen LogP contribution in [-0.2, 0) is 13.1 Å². The van der Waals surface area contributed by atoms with E-state index in [9.17, 15) is 0 Å². The van der Waals surface area contributed by atoms with Crippen LogP contribution in [0.4, 0.5) is 11.6 Å². The number of anilines is 2. The van der Waals surface area contributed by atoms with Crippen molar-refractivity contribution in [1.29, 1.82) is 0 Å². The number of fused-ring (bicyclic) bond motifs is 1. The number of methoxy groups -OCH3 is 1. The Morgan fingerprint density at radius 1 is 1.08 bits per heavy atom. The summed E-state index contributed by atoms with van der Waals surface area (Å²) in [5, 5.41) is 7.79. The second-order valence-corrected chi connectivity index (χ2v) is 5.80. The quantitative estimate of drug-likeness (QED) is 0.576. The Morgan fingerprint density at radius 3 is 2.69 bits per heavy atom. The fourth-order valence-corrected chi connectivity index (χ4v) is 2.76. The van der Waals surface area contributed by atoms with Crippen LogP contribution in [0.3, 0.4) is 0 Å². The van der Waals surface area contributed by atoms with Gasteiger partial charge in [0.2, 0.25) is 0 Å². The van der Waals surface area contributed by atoms with Gasteiger partial charge in [-0.25, -0.2) is 15.0 Å². The molecule has 0 spiro atoms. The highest BCUT2D eigenvalue weighted by Gasteiger charge is 2.10. The molecule has 0 bridgehead atoms. The van der Waals surface area contributed by atoms with E-state index in [4.69, 9.17) is 4.74 Å².